The van der Waals surface area contributed by atoms with Crippen LogP contribution in [0.15, 0.2) is 60.0 Å². The van der Waals surface area contributed by atoms with Gasteiger partial charge in [0, 0.05) is 47.8 Å². The quantitative estimate of drug-likeness (QED) is 0.668. The van der Waals surface area contributed by atoms with Gasteiger partial charge in [0.15, 0.2) is 0 Å². The number of nitrogens with one attached hydrogen (secondary N) is 1. The van der Waals surface area contributed by atoms with Crippen molar-refractivity contribution in [3.63, 3.8) is 0 Å². The molecule has 1 aliphatic heterocycles. The Kier molecular flexibility index (Phi) is 5.90. The van der Waals surface area contributed by atoms with E-state index >= 15 is 0 Å². The van der Waals surface area contributed by atoms with E-state index in [9.17, 15) is 4.79 Å². The summed E-state index contributed by atoms with van der Waals surface area (Å²) in [6, 6.07) is 17.3. The predicted molar refractivity (Wildman–Crippen MR) is 115 cm³/mol. The molecule has 2 amide bonds. The number of hydrogen-bond donors (Lipinski definition) is 1. The highest BCUT2D eigenvalue weighted by atomic mass is 35.5. The molecule has 1 aromatic heterocycles. The number of benzene rings is 2. The number of aromatic nitrogens is 1. The number of piperazine rings is 1. The van der Waals surface area contributed by atoms with E-state index in [-0.39, 0.29) is 6.03 Å². The van der Waals surface area contributed by atoms with Crippen LogP contribution in [0.2, 0.25) is 5.02 Å². The molecule has 1 N–H and O–H groups in total. The lowest BCUT2D eigenvalue weighted by Gasteiger charge is -2.34. The lowest BCUT2D eigenvalue weighted by Crippen LogP contribution is -2.49. The van der Waals surface area contributed by atoms with Gasteiger partial charge in [-0.25, -0.2) is 9.78 Å². The monoisotopic (exact) mass is 412 g/mol. The van der Waals surface area contributed by atoms with Crippen molar-refractivity contribution in [2.24, 2.45) is 0 Å². The first kappa shape index (κ1) is 18.9. The second kappa shape index (κ2) is 8.73. The zero-order valence-electron chi connectivity index (χ0n) is 15.3. The lowest BCUT2D eigenvalue weighted by atomic mass is 10.2. The SMILES string of the molecule is O=C(Nc1ccc(Cl)cc1)N1CCN(Cc2nc(-c3ccccc3)cs2)CC1. The van der Waals surface area contributed by atoms with E-state index < -0.39 is 0 Å². The van der Waals surface area contributed by atoms with Crippen LogP contribution in [0.3, 0.4) is 0 Å². The summed E-state index contributed by atoms with van der Waals surface area (Å²) in [5.41, 5.74) is 2.93. The highest BCUT2D eigenvalue weighted by molar-refractivity contribution is 7.09. The molecule has 1 fully saturated rings. The first-order chi connectivity index (χ1) is 13.7. The summed E-state index contributed by atoms with van der Waals surface area (Å²) in [6.07, 6.45) is 0. The zero-order valence-corrected chi connectivity index (χ0v) is 16.9. The van der Waals surface area contributed by atoms with E-state index in [0.717, 1.165) is 41.6 Å². The molecule has 4 rings (SSSR count). The smallest absolute Gasteiger partial charge is 0.321 e. The van der Waals surface area contributed by atoms with Gasteiger partial charge in [-0.05, 0) is 24.3 Å². The van der Waals surface area contributed by atoms with Crippen molar-refractivity contribution in [1.82, 2.24) is 14.8 Å². The Labute approximate surface area is 173 Å². The minimum Gasteiger partial charge on any atom is -0.322 e. The average Bonchev–Trinajstić information content (AvgIpc) is 3.19. The van der Waals surface area contributed by atoms with Crippen molar-refractivity contribution in [2.45, 2.75) is 6.54 Å². The van der Waals surface area contributed by atoms with Gasteiger partial charge in [0.05, 0.1) is 12.2 Å². The van der Waals surface area contributed by atoms with Crippen LogP contribution in [0.4, 0.5) is 10.5 Å². The second-order valence-corrected chi connectivity index (χ2v) is 8.07. The molecule has 144 valence electrons. The van der Waals surface area contributed by atoms with Crippen LogP contribution >= 0.6 is 22.9 Å². The maximum Gasteiger partial charge on any atom is 0.321 e. The number of carbonyl (C=O) groups excluding carboxylic acids is 1. The fourth-order valence-electron chi connectivity index (χ4n) is 3.16. The third kappa shape index (κ3) is 4.70. The Morgan fingerprint density at radius 1 is 1.04 bits per heavy atom. The fourth-order valence-corrected chi connectivity index (χ4v) is 4.13. The van der Waals surface area contributed by atoms with Gasteiger partial charge in [-0.3, -0.25) is 4.90 Å². The molecule has 0 atom stereocenters. The standard InChI is InChI=1S/C21H21ClN4OS/c22-17-6-8-18(9-7-17)23-21(27)26-12-10-25(11-13-26)14-20-24-19(15-28-20)16-4-2-1-3-5-16/h1-9,15H,10-14H2,(H,23,27). The van der Waals surface area contributed by atoms with Crippen LogP contribution < -0.4 is 5.32 Å². The maximum atomic E-state index is 12.4. The number of carbonyl (C=O) groups is 1. The van der Waals surface area contributed by atoms with Crippen molar-refractivity contribution in [2.75, 3.05) is 31.5 Å². The van der Waals surface area contributed by atoms with Gasteiger partial charge in [-0.15, -0.1) is 11.3 Å². The Balaban J connectivity index is 1.28. The lowest BCUT2D eigenvalue weighted by molar-refractivity contribution is 0.143. The first-order valence-corrected chi connectivity index (χ1v) is 10.5. The first-order valence-electron chi connectivity index (χ1n) is 9.21. The minimum atomic E-state index is -0.0671. The number of nitrogens with zero attached hydrogens (tertiary/aromatic N) is 3. The van der Waals surface area contributed by atoms with Gasteiger partial charge < -0.3 is 10.2 Å². The summed E-state index contributed by atoms with van der Waals surface area (Å²) >= 11 is 7.57. The largest absolute Gasteiger partial charge is 0.322 e. The van der Waals surface area contributed by atoms with Crippen LogP contribution in [0, 0.1) is 0 Å². The topological polar surface area (TPSA) is 48.5 Å². The van der Waals surface area contributed by atoms with E-state index in [0.29, 0.717) is 18.1 Å². The highest BCUT2D eigenvalue weighted by Gasteiger charge is 2.22. The Bertz CT molecular complexity index is 921. The molecule has 1 saturated heterocycles. The molecule has 3 aromatic rings. The number of rotatable bonds is 4. The summed E-state index contributed by atoms with van der Waals surface area (Å²) in [5.74, 6) is 0. The molecular formula is C21H21ClN4OS. The molecular weight excluding hydrogens is 392 g/mol. The highest BCUT2D eigenvalue weighted by Crippen LogP contribution is 2.23. The summed E-state index contributed by atoms with van der Waals surface area (Å²) in [6.45, 7) is 3.92. The van der Waals surface area contributed by atoms with Crippen LogP contribution in [0.25, 0.3) is 11.3 Å². The van der Waals surface area contributed by atoms with Crippen LogP contribution in [-0.4, -0.2) is 47.0 Å². The van der Waals surface area contributed by atoms with E-state index in [2.05, 4.69) is 27.7 Å². The summed E-state index contributed by atoms with van der Waals surface area (Å²) in [5, 5.41) is 6.80. The average molecular weight is 413 g/mol. The van der Waals surface area contributed by atoms with E-state index in [1.165, 1.54) is 0 Å². The third-order valence-corrected chi connectivity index (χ3v) is 5.82. The number of anilines is 1. The molecule has 5 nitrogen and oxygen atoms in total. The fraction of sp³-hybridized carbons (Fsp3) is 0.238. The summed E-state index contributed by atoms with van der Waals surface area (Å²) in [4.78, 5) is 21.4. The van der Waals surface area contributed by atoms with E-state index in [1.807, 2.05) is 35.2 Å². The molecule has 1 aliphatic rings. The van der Waals surface area contributed by atoms with Crippen molar-refractivity contribution in [3.8, 4) is 11.3 Å². The van der Waals surface area contributed by atoms with Crippen LogP contribution in [0.1, 0.15) is 5.01 Å². The molecule has 0 spiro atoms. The van der Waals surface area contributed by atoms with Gasteiger partial charge in [0.2, 0.25) is 0 Å². The number of hydrogen-bond acceptors (Lipinski definition) is 4. The molecule has 0 saturated carbocycles. The third-order valence-electron chi connectivity index (χ3n) is 4.74. The number of halogens is 1. The molecule has 7 heteroatoms. The molecule has 0 aliphatic carbocycles. The molecule has 28 heavy (non-hydrogen) atoms. The van der Waals surface area contributed by atoms with E-state index in [4.69, 9.17) is 16.6 Å². The Morgan fingerprint density at radius 2 is 1.75 bits per heavy atom. The molecule has 2 aromatic carbocycles. The minimum absolute atomic E-state index is 0.0671. The van der Waals surface area contributed by atoms with Crippen LogP contribution in [-0.2, 0) is 6.54 Å². The Hall–Kier alpha value is -2.41. The van der Waals surface area contributed by atoms with Gasteiger partial charge in [-0.2, -0.15) is 0 Å². The normalized spacial score (nSPS) is 14.8. The van der Waals surface area contributed by atoms with Crippen molar-refractivity contribution in [1.29, 1.82) is 0 Å². The Morgan fingerprint density at radius 3 is 2.46 bits per heavy atom. The maximum absolute atomic E-state index is 12.4. The number of amides is 2. The predicted octanol–water partition coefficient (Wildman–Crippen LogP) is 4.81. The van der Waals surface area contributed by atoms with E-state index in [1.54, 1.807) is 23.5 Å². The molecule has 0 unspecified atom stereocenters. The zero-order chi connectivity index (χ0) is 19.3. The molecule has 0 radical (unpaired) electrons. The second-order valence-electron chi connectivity index (χ2n) is 6.69. The molecule has 0 bridgehead atoms. The summed E-state index contributed by atoms with van der Waals surface area (Å²) < 4.78 is 0. The van der Waals surface area contributed by atoms with Crippen molar-refractivity contribution < 1.29 is 4.79 Å². The van der Waals surface area contributed by atoms with Gasteiger partial charge in [-0.1, -0.05) is 41.9 Å². The van der Waals surface area contributed by atoms with Crippen molar-refractivity contribution >= 4 is 34.7 Å². The van der Waals surface area contributed by atoms with Gasteiger partial charge in [0.25, 0.3) is 0 Å². The molecule has 2 heterocycles. The van der Waals surface area contributed by atoms with Crippen LogP contribution in [0.5, 0.6) is 0 Å². The number of urea groups is 1. The van der Waals surface area contributed by atoms with Gasteiger partial charge in [0.1, 0.15) is 5.01 Å². The van der Waals surface area contributed by atoms with Gasteiger partial charge >= 0.3 is 6.03 Å². The van der Waals surface area contributed by atoms with Crippen molar-refractivity contribution in [3.05, 3.63) is 70.0 Å². The summed E-state index contributed by atoms with van der Waals surface area (Å²) in [7, 11) is 0. The number of thiazole rings is 1.